The van der Waals surface area contributed by atoms with Crippen molar-refractivity contribution >= 4 is 12.0 Å². The topological polar surface area (TPSA) is 76.7 Å². The molecule has 0 aromatic heterocycles. The van der Waals surface area contributed by atoms with Crippen LogP contribution in [0.4, 0.5) is 4.79 Å². The van der Waals surface area contributed by atoms with Gasteiger partial charge in [0.2, 0.25) is 0 Å². The molecule has 28 heavy (non-hydrogen) atoms. The third-order valence-electron chi connectivity index (χ3n) is 4.56. The van der Waals surface area contributed by atoms with Gasteiger partial charge in [0.05, 0.1) is 18.7 Å². The summed E-state index contributed by atoms with van der Waals surface area (Å²) in [5, 5.41) is 5.49. The zero-order valence-corrected chi connectivity index (χ0v) is 16.5. The Kier molecular flexibility index (Phi) is 5.68. The lowest BCUT2D eigenvalue weighted by atomic mass is 9.94. The van der Waals surface area contributed by atoms with Crippen LogP contribution < -0.4 is 15.4 Å². The van der Waals surface area contributed by atoms with E-state index in [0.717, 1.165) is 22.4 Å². The van der Waals surface area contributed by atoms with Crippen LogP contribution in [0.1, 0.15) is 36.1 Å². The van der Waals surface area contributed by atoms with Gasteiger partial charge in [0.15, 0.2) is 0 Å². The van der Waals surface area contributed by atoms with Gasteiger partial charge in [0.25, 0.3) is 0 Å². The number of hydrogen-bond acceptors (Lipinski definition) is 4. The van der Waals surface area contributed by atoms with Crippen molar-refractivity contribution in [3.63, 3.8) is 0 Å². The van der Waals surface area contributed by atoms with Crippen LogP contribution >= 0.6 is 0 Å². The molecule has 0 aliphatic carbocycles. The van der Waals surface area contributed by atoms with Gasteiger partial charge in [0, 0.05) is 5.70 Å². The number of aryl methyl sites for hydroxylation is 2. The largest absolute Gasteiger partial charge is 0.466 e. The summed E-state index contributed by atoms with van der Waals surface area (Å²) in [6, 6.07) is 12.4. The summed E-state index contributed by atoms with van der Waals surface area (Å²) in [4.78, 5) is 24.3. The lowest BCUT2D eigenvalue weighted by Gasteiger charge is -2.28. The second kappa shape index (κ2) is 8.17. The number of carbonyl (C=O) groups excluding carboxylic acids is 2. The van der Waals surface area contributed by atoms with Crippen molar-refractivity contribution < 1.29 is 19.1 Å². The number of ether oxygens (including phenoxy) is 2. The van der Waals surface area contributed by atoms with Gasteiger partial charge in [-0.1, -0.05) is 25.1 Å². The fourth-order valence-corrected chi connectivity index (χ4v) is 3.35. The van der Waals surface area contributed by atoms with Gasteiger partial charge in [-0.3, -0.25) is 0 Å². The molecule has 0 saturated carbocycles. The summed E-state index contributed by atoms with van der Waals surface area (Å²) in [5.74, 6) is 0.974. The molecule has 1 atom stereocenters. The molecular formula is C22H24N2O4. The van der Waals surface area contributed by atoms with Crippen molar-refractivity contribution in [3.8, 4) is 11.5 Å². The molecule has 1 aliphatic heterocycles. The Morgan fingerprint density at radius 2 is 1.68 bits per heavy atom. The number of hydrogen-bond donors (Lipinski definition) is 2. The van der Waals surface area contributed by atoms with Crippen LogP contribution in [-0.2, 0) is 9.53 Å². The average Bonchev–Trinajstić information content (AvgIpc) is 2.66. The van der Waals surface area contributed by atoms with E-state index in [4.69, 9.17) is 9.47 Å². The lowest BCUT2D eigenvalue weighted by Crippen LogP contribution is -2.45. The SMILES string of the molecule is CCC1=C(C(=O)OC)C(c2ccc(Oc3cc(C)cc(C)c3)cc2)NC(=O)N1. The van der Waals surface area contributed by atoms with Crippen LogP contribution in [0.2, 0.25) is 0 Å². The molecule has 146 valence electrons. The maximum atomic E-state index is 12.3. The van der Waals surface area contributed by atoms with E-state index in [1.165, 1.54) is 7.11 Å². The molecule has 6 heteroatoms. The van der Waals surface area contributed by atoms with E-state index < -0.39 is 12.0 Å². The molecule has 1 unspecified atom stereocenters. The highest BCUT2D eigenvalue weighted by atomic mass is 16.5. The number of rotatable bonds is 5. The fraction of sp³-hybridized carbons (Fsp3) is 0.273. The van der Waals surface area contributed by atoms with E-state index in [1.807, 2.05) is 57.2 Å². The predicted molar refractivity (Wildman–Crippen MR) is 106 cm³/mol. The second-order valence-electron chi connectivity index (χ2n) is 6.76. The smallest absolute Gasteiger partial charge is 0.337 e. The molecule has 0 radical (unpaired) electrons. The van der Waals surface area contributed by atoms with E-state index >= 15 is 0 Å². The van der Waals surface area contributed by atoms with E-state index in [2.05, 4.69) is 16.7 Å². The van der Waals surface area contributed by atoms with Crippen LogP contribution in [0, 0.1) is 13.8 Å². The van der Waals surface area contributed by atoms with Crippen molar-refractivity contribution in [2.24, 2.45) is 0 Å². The van der Waals surface area contributed by atoms with Gasteiger partial charge in [-0.2, -0.15) is 0 Å². The van der Waals surface area contributed by atoms with Crippen molar-refractivity contribution in [1.29, 1.82) is 0 Å². The first-order valence-corrected chi connectivity index (χ1v) is 9.16. The van der Waals surface area contributed by atoms with Crippen LogP contribution in [0.25, 0.3) is 0 Å². The second-order valence-corrected chi connectivity index (χ2v) is 6.76. The molecule has 2 amide bonds. The molecule has 2 N–H and O–H groups in total. The number of carbonyl (C=O) groups is 2. The van der Waals surface area contributed by atoms with Gasteiger partial charge in [-0.15, -0.1) is 0 Å². The highest BCUT2D eigenvalue weighted by Crippen LogP contribution is 2.31. The molecule has 0 bridgehead atoms. The van der Waals surface area contributed by atoms with Crippen LogP contribution in [0.15, 0.2) is 53.7 Å². The van der Waals surface area contributed by atoms with Gasteiger partial charge in [0.1, 0.15) is 11.5 Å². The Balaban J connectivity index is 1.88. The fourth-order valence-electron chi connectivity index (χ4n) is 3.35. The maximum Gasteiger partial charge on any atom is 0.337 e. The number of benzene rings is 2. The Morgan fingerprint density at radius 3 is 2.25 bits per heavy atom. The maximum absolute atomic E-state index is 12.3. The summed E-state index contributed by atoms with van der Waals surface area (Å²) in [5.41, 5.74) is 4.01. The quantitative estimate of drug-likeness (QED) is 0.759. The first-order chi connectivity index (χ1) is 13.4. The third kappa shape index (κ3) is 4.17. The number of esters is 1. The Bertz CT molecular complexity index is 912. The van der Waals surface area contributed by atoms with Gasteiger partial charge in [-0.05, 0) is 61.2 Å². The standard InChI is InChI=1S/C22H24N2O4/c1-5-18-19(21(25)27-4)20(24-22(26)23-18)15-6-8-16(9-7-15)28-17-11-13(2)10-14(3)12-17/h6-12,20H,5H2,1-4H3,(H2,23,24,26). The minimum atomic E-state index is -0.577. The van der Waals surface area contributed by atoms with Crippen molar-refractivity contribution in [1.82, 2.24) is 10.6 Å². The zero-order valence-electron chi connectivity index (χ0n) is 16.5. The third-order valence-corrected chi connectivity index (χ3v) is 4.56. The minimum absolute atomic E-state index is 0.343. The number of methoxy groups -OCH3 is 1. The molecule has 1 aliphatic rings. The van der Waals surface area contributed by atoms with Gasteiger partial charge >= 0.3 is 12.0 Å². The Morgan fingerprint density at radius 1 is 1.04 bits per heavy atom. The summed E-state index contributed by atoms with van der Waals surface area (Å²) in [6.07, 6.45) is 0.516. The monoisotopic (exact) mass is 380 g/mol. The molecule has 6 nitrogen and oxygen atoms in total. The highest BCUT2D eigenvalue weighted by molar-refractivity contribution is 5.95. The molecular weight excluding hydrogens is 356 g/mol. The van der Waals surface area contributed by atoms with E-state index in [-0.39, 0.29) is 6.03 Å². The summed E-state index contributed by atoms with van der Waals surface area (Å²) in [6.45, 7) is 5.92. The lowest BCUT2D eigenvalue weighted by molar-refractivity contribution is -0.136. The molecule has 0 saturated heterocycles. The first-order valence-electron chi connectivity index (χ1n) is 9.16. The summed E-state index contributed by atoms with van der Waals surface area (Å²) < 4.78 is 10.9. The van der Waals surface area contributed by atoms with Crippen molar-refractivity contribution in [2.45, 2.75) is 33.2 Å². The van der Waals surface area contributed by atoms with Gasteiger partial charge in [-0.25, -0.2) is 9.59 Å². The number of nitrogens with one attached hydrogen (secondary N) is 2. The molecule has 1 heterocycles. The van der Waals surface area contributed by atoms with E-state index in [9.17, 15) is 9.59 Å². The predicted octanol–water partition coefficient (Wildman–Crippen LogP) is 4.29. The summed E-state index contributed by atoms with van der Waals surface area (Å²) in [7, 11) is 1.33. The molecule has 0 spiro atoms. The first kappa shape index (κ1) is 19.5. The number of amides is 2. The molecule has 2 aromatic carbocycles. The van der Waals surface area contributed by atoms with Crippen molar-refractivity contribution in [2.75, 3.05) is 7.11 Å². The summed E-state index contributed by atoms with van der Waals surface area (Å²) >= 11 is 0. The number of urea groups is 1. The molecule has 3 rings (SSSR count). The normalized spacial score (nSPS) is 16.3. The number of allylic oxidation sites excluding steroid dienone is 1. The van der Waals surface area contributed by atoms with Gasteiger partial charge < -0.3 is 20.1 Å². The van der Waals surface area contributed by atoms with E-state index in [1.54, 1.807) is 0 Å². The van der Waals surface area contributed by atoms with Crippen LogP contribution in [-0.4, -0.2) is 19.1 Å². The van der Waals surface area contributed by atoms with Crippen LogP contribution in [0.3, 0.4) is 0 Å². The minimum Gasteiger partial charge on any atom is -0.466 e. The average molecular weight is 380 g/mol. The Hall–Kier alpha value is -3.28. The Labute approximate surface area is 164 Å². The van der Waals surface area contributed by atoms with Crippen molar-refractivity contribution in [3.05, 3.63) is 70.4 Å². The van der Waals surface area contributed by atoms with Crippen LogP contribution in [0.5, 0.6) is 11.5 Å². The van der Waals surface area contributed by atoms with E-state index in [0.29, 0.717) is 23.4 Å². The zero-order chi connectivity index (χ0) is 20.3. The highest BCUT2D eigenvalue weighted by Gasteiger charge is 2.32. The molecule has 0 fully saturated rings. The molecule has 2 aromatic rings.